The average molecular weight is 895 g/mol. The Hall–Kier alpha value is -7.04. The number of aryl methyl sites for hydroxylation is 3. The molecule has 0 spiro atoms. The molecule has 0 aliphatic heterocycles. The van der Waals surface area contributed by atoms with Gasteiger partial charge in [0.05, 0.1) is 35.1 Å². The van der Waals surface area contributed by atoms with E-state index in [0.29, 0.717) is 22.8 Å². The fourth-order valence-corrected chi connectivity index (χ4v) is 9.45. The average Bonchev–Trinajstić information content (AvgIpc) is 3.72. The molecule has 0 aliphatic rings. The molecule has 7 aromatic carbocycles. The van der Waals surface area contributed by atoms with Crippen molar-refractivity contribution in [1.82, 2.24) is 14.5 Å². The Morgan fingerprint density at radius 3 is 1.75 bits per heavy atom. The van der Waals surface area contributed by atoms with E-state index in [2.05, 4.69) is 196 Å². The minimum Gasteiger partial charge on any atom is -0.496 e. The first-order chi connectivity index (χ1) is 33.5. The fourth-order valence-electron chi connectivity index (χ4n) is 9.45. The highest BCUT2D eigenvalue weighted by Crippen LogP contribution is 2.44. The molecule has 0 atom stereocenters. The lowest BCUT2D eigenvalue weighted by Crippen LogP contribution is -2.11. The van der Waals surface area contributed by atoms with E-state index in [9.17, 15) is 0 Å². The van der Waals surface area contributed by atoms with Gasteiger partial charge in [0, 0.05) is 27.0 Å². The molecule has 9 aromatic rings. The van der Waals surface area contributed by atoms with Crippen LogP contribution in [0, 0.1) is 20.7 Å². The topological polar surface area (TPSA) is 39.9 Å². The van der Waals surface area contributed by atoms with E-state index >= 15 is 0 Å². The molecule has 2 heterocycles. The number of ether oxygens (including phenoxy) is 1. The van der Waals surface area contributed by atoms with Gasteiger partial charge in [-0.3, -0.25) is 9.55 Å². The van der Waals surface area contributed by atoms with Crippen LogP contribution in [0.25, 0.3) is 83.9 Å². The van der Waals surface area contributed by atoms with Gasteiger partial charge < -0.3 is 4.74 Å². The summed E-state index contributed by atoms with van der Waals surface area (Å²) in [5, 5.41) is 0. The number of methoxy groups -OCH3 is 1. The number of hydrogen-bond donors (Lipinski definition) is 0. The van der Waals surface area contributed by atoms with Gasteiger partial charge in [-0.15, -0.1) is 0 Å². The Labute approximate surface area is 409 Å². The van der Waals surface area contributed by atoms with Crippen LogP contribution in [0.15, 0.2) is 158 Å². The molecule has 0 fully saturated rings. The van der Waals surface area contributed by atoms with Crippen molar-refractivity contribution in [2.45, 2.75) is 99.3 Å². The lowest BCUT2D eigenvalue weighted by molar-refractivity contribution is 0.413. The van der Waals surface area contributed by atoms with Crippen LogP contribution >= 0.6 is 0 Å². The zero-order chi connectivity index (χ0) is 50.8. The molecule has 4 heteroatoms. The van der Waals surface area contributed by atoms with Crippen LogP contribution in [0.4, 0.5) is 0 Å². The maximum atomic E-state index is 9.04. The van der Waals surface area contributed by atoms with Gasteiger partial charge in [-0.2, -0.15) is 0 Å². The Morgan fingerprint density at radius 1 is 0.485 bits per heavy atom. The van der Waals surface area contributed by atoms with Crippen LogP contribution in [0.5, 0.6) is 5.75 Å². The molecule has 68 heavy (non-hydrogen) atoms. The second-order valence-corrected chi connectivity index (χ2v) is 21.5. The molecule has 0 saturated carbocycles. The van der Waals surface area contributed by atoms with Crippen molar-refractivity contribution in [1.29, 1.82) is 0 Å². The van der Waals surface area contributed by atoms with Gasteiger partial charge in [0.2, 0.25) is 0 Å². The molecule has 0 unspecified atom stereocenters. The first kappa shape index (κ1) is 42.3. The van der Waals surface area contributed by atoms with E-state index in [-0.39, 0.29) is 21.8 Å². The smallest absolute Gasteiger partial charge is 0.149 e. The maximum absolute atomic E-state index is 9.04. The summed E-state index contributed by atoms with van der Waals surface area (Å²) in [5.41, 5.74) is 18.3. The van der Waals surface area contributed by atoms with Crippen LogP contribution in [0.1, 0.15) is 99.8 Å². The summed E-state index contributed by atoms with van der Waals surface area (Å²) in [6.45, 7) is 21.8. The SMILES string of the molecule is [2H]C([2H])([2H])c1cc(-n2c(-c3cc(C)cc(C)c3OC)nc3c(-c4cc(-c5cc(-c6ccc(C(C)(C)C)cc6)ccn5)cc(C(C)(C)C)c4)cccc32)c(-c2ccc(C(C)(C)C)cc2)cc1-c1ccccc1. The predicted octanol–water partition coefficient (Wildman–Crippen LogP) is 17.2. The Bertz CT molecular complexity index is 3430. The largest absolute Gasteiger partial charge is 0.496 e. The highest BCUT2D eigenvalue weighted by Gasteiger charge is 2.26. The van der Waals surface area contributed by atoms with Crippen LogP contribution < -0.4 is 4.74 Å². The second-order valence-electron chi connectivity index (χ2n) is 21.5. The minimum absolute atomic E-state index is 0.0601. The van der Waals surface area contributed by atoms with Crippen LogP contribution in [-0.4, -0.2) is 21.6 Å². The Morgan fingerprint density at radius 2 is 1.12 bits per heavy atom. The lowest BCUT2D eigenvalue weighted by Gasteiger charge is -2.22. The third-order valence-corrected chi connectivity index (χ3v) is 13.3. The van der Waals surface area contributed by atoms with Crippen molar-refractivity contribution in [2.75, 3.05) is 7.11 Å². The molecule has 0 saturated heterocycles. The molecule has 0 radical (unpaired) electrons. The zero-order valence-electron chi connectivity index (χ0n) is 44.8. The Kier molecular flexibility index (Phi) is 10.9. The highest BCUT2D eigenvalue weighted by molar-refractivity contribution is 5.98. The highest BCUT2D eigenvalue weighted by atomic mass is 16.5. The van der Waals surface area contributed by atoms with E-state index in [1.165, 1.54) is 16.7 Å². The summed E-state index contributed by atoms with van der Waals surface area (Å²) in [6, 6.07) is 53.0. The van der Waals surface area contributed by atoms with E-state index in [0.717, 1.165) is 77.9 Å². The quantitative estimate of drug-likeness (QED) is 0.153. The van der Waals surface area contributed by atoms with Crippen molar-refractivity contribution in [2.24, 2.45) is 0 Å². The summed E-state index contributed by atoms with van der Waals surface area (Å²) in [5.74, 6) is 1.35. The van der Waals surface area contributed by atoms with E-state index in [4.69, 9.17) is 18.8 Å². The summed E-state index contributed by atoms with van der Waals surface area (Å²) < 4.78 is 35.5. The van der Waals surface area contributed by atoms with Crippen molar-refractivity contribution in [3.8, 4) is 78.6 Å². The van der Waals surface area contributed by atoms with Gasteiger partial charge in [-0.1, -0.05) is 165 Å². The van der Waals surface area contributed by atoms with Crippen LogP contribution in [0.2, 0.25) is 0 Å². The first-order valence-electron chi connectivity index (χ1n) is 25.3. The summed E-state index contributed by atoms with van der Waals surface area (Å²) >= 11 is 0. The maximum Gasteiger partial charge on any atom is 0.149 e. The zero-order valence-corrected chi connectivity index (χ0v) is 41.8. The predicted molar refractivity (Wildman–Crippen MR) is 288 cm³/mol. The van der Waals surface area contributed by atoms with Crippen molar-refractivity contribution in [3.63, 3.8) is 0 Å². The van der Waals surface area contributed by atoms with Crippen molar-refractivity contribution >= 4 is 11.0 Å². The van der Waals surface area contributed by atoms with Crippen molar-refractivity contribution < 1.29 is 8.85 Å². The Balaban J connectivity index is 1.34. The lowest BCUT2D eigenvalue weighted by atomic mass is 9.83. The number of aromatic nitrogens is 3. The number of pyridine rings is 1. The number of rotatable bonds is 8. The molecule has 342 valence electrons. The van der Waals surface area contributed by atoms with E-state index in [1.807, 2.05) is 42.6 Å². The molecule has 0 aliphatic carbocycles. The van der Waals surface area contributed by atoms with Crippen LogP contribution in [0.3, 0.4) is 0 Å². The van der Waals surface area contributed by atoms with Gasteiger partial charge in [0.25, 0.3) is 0 Å². The number of hydrogen-bond acceptors (Lipinski definition) is 3. The summed E-state index contributed by atoms with van der Waals surface area (Å²) in [6.07, 6.45) is 1.91. The number of nitrogens with zero attached hydrogens (tertiary/aromatic N) is 3. The molecule has 0 amide bonds. The third-order valence-electron chi connectivity index (χ3n) is 13.3. The number of fused-ring (bicyclic) bond motifs is 1. The van der Waals surface area contributed by atoms with Gasteiger partial charge in [0.15, 0.2) is 0 Å². The van der Waals surface area contributed by atoms with Gasteiger partial charge >= 0.3 is 0 Å². The number of benzene rings is 7. The second kappa shape index (κ2) is 17.6. The van der Waals surface area contributed by atoms with Crippen molar-refractivity contribution in [3.05, 3.63) is 191 Å². The molecular formula is C64H65N3O. The third kappa shape index (κ3) is 8.93. The summed E-state index contributed by atoms with van der Waals surface area (Å²) in [7, 11) is 1.70. The standard InChI is InChI=1S/C64H65N3O/c1-40-32-42(3)60(68-13)55(33-40)61-66-59-52(47-35-48(37-51(36-47)64(10,11)12)56-38-46(30-31-65-56)43-22-26-49(27-23-43)62(4,5)6)20-17-21-57(59)67(61)58-34-41(2)53(44-18-15-14-16-19-44)39-54(58)45-24-28-50(29-25-45)63(7,8)9/h14-39H,1-13H3/i2D3. The first-order valence-corrected chi connectivity index (χ1v) is 23.8. The van der Waals surface area contributed by atoms with Gasteiger partial charge in [-0.05, 0) is 152 Å². The molecule has 9 rings (SSSR count). The fraction of sp³-hybridized carbons (Fsp3) is 0.250. The van der Waals surface area contributed by atoms with E-state index < -0.39 is 6.85 Å². The number of para-hydroxylation sites is 1. The number of imidazole rings is 1. The van der Waals surface area contributed by atoms with Gasteiger partial charge in [-0.25, -0.2) is 4.98 Å². The molecular weight excluding hydrogens is 827 g/mol. The minimum atomic E-state index is -2.45. The molecule has 2 aromatic heterocycles. The molecule has 4 nitrogen and oxygen atoms in total. The monoisotopic (exact) mass is 895 g/mol. The summed E-state index contributed by atoms with van der Waals surface area (Å²) in [4.78, 5) is 10.7. The molecule has 0 N–H and O–H groups in total. The van der Waals surface area contributed by atoms with Crippen LogP contribution in [-0.2, 0) is 16.2 Å². The normalized spacial score (nSPS) is 13.0. The molecule has 0 bridgehead atoms. The van der Waals surface area contributed by atoms with E-state index in [1.54, 1.807) is 7.11 Å². The van der Waals surface area contributed by atoms with Gasteiger partial charge in [0.1, 0.15) is 11.6 Å².